The molecule has 0 amide bonds. The van der Waals surface area contributed by atoms with Crippen molar-refractivity contribution in [2.45, 2.75) is 5.41 Å². The Hall–Kier alpha value is -8.20. The van der Waals surface area contributed by atoms with Crippen molar-refractivity contribution in [3.63, 3.8) is 0 Å². The Balaban J connectivity index is 1.05. The molecule has 0 N–H and O–H groups in total. The molecule has 0 saturated heterocycles. The molecule has 0 unspecified atom stereocenters. The van der Waals surface area contributed by atoms with Gasteiger partial charge >= 0.3 is 0 Å². The number of fused-ring (bicyclic) bond motifs is 15. The highest BCUT2D eigenvalue weighted by molar-refractivity contribution is 6.25. The Morgan fingerprint density at radius 1 is 0.286 bits per heavy atom. The molecule has 2 heteroatoms. The van der Waals surface area contributed by atoms with E-state index >= 15 is 0 Å². The smallest absolute Gasteiger partial charge is 0.0754 e. The number of rotatable bonds is 5. The second-order valence-electron chi connectivity index (χ2n) is 16.8. The van der Waals surface area contributed by atoms with Crippen LogP contribution < -0.4 is 9.80 Å². The summed E-state index contributed by atoms with van der Waals surface area (Å²) >= 11 is 0. The van der Waals surface area contributed by atoms with Gasteiger partial charge in [0, 0.05) is 22.7 Å². The lowest BCUT2D eigenvalue weighted by Gasteiger charge is -2.45. The Bertz CT molecular complexity index is 3490. The molecule has 1 aliphatic heterocycles. The van der Waals surface area contributed by atoms with E-state index in [1.54, 1.807) is 0 Å². The fourth-order valence-corrected chi connectivity index (χ4v) is 11.0. The van der Waals surface area contributed by atoms with Gasteiger partial charge in [-0.3, -0.25) is 0 Å². The molecule has 2 aliphatic rings. The van der Waals surface area contributed by atoms with E-state index in [1.165, 1.54) is 88.2 Å². The molecule has 11 aromatic carbocycles. The first-order valence-corrected chi connectivity index (χ1v) is 21.8. The molecule has 0 fully saturated rings. The van der Waals surface area contributed by atoms with E-state index in [-0.39, 0.29) is 0 Å². The van der Waals surface area contributed by atoms with Gasteiger partial charge in [-0.05, 0) is 137 Å². The molecule has 1 spiro atoms. The van der Waals surface area contributed by atoms with Crippen molar-refractivity contribution in [1.29, 1.82) is 0 Å². The Kier molecular flexibility index (Phi) is 7.85. The molecule has 0 bridgehead atoms. The summed E-state index contributed by atoms with van der Waals surface area (Å²) in [5.41, 5.74) is 16.5. The van der Waals surface area contributed by atoms with Crippen LogP contribution in [0, 0.1) is 0 Å². The van der Waals surface area contributed by atoms with Crippen LogP contribution in [0.25, 0.3) is 54.6 Å². The standard InChI is InChI=1S/C61H40N2/c1-3-17-41(18-4-1)42-31-33-44(34-32-42)62(45-35-37-51-49-23-8-7-21-47(49)48-22-9-10-24-50(48)53(51)39-45)46-36-38-56-54(40-46)52-25-11-12-26-55(52)61(56)57-27-13-15-29-59(57)63(43-19-5-2-6-20-43)60-30-16-14-28-58(60)61/h1-40H. The van der Waals surface area contributed by atoms with Crippen molar-refractivity contribution >= 4 is 66.4 Å². The van der Waals surface area contributed by atoms with Gasteiger partial charge in [0.25, 0.3) is 0 Å². The minimum absolute atomic E-state index is 0.520. The third-order valence-corrected chi connectivity index (χ3v) is 13.6. The fraction of sp³-hybridized carbons (Fsp3) is 0.0164. The highest BCUT2D eigenvalue weighted by Crippen LogP contribution is 2.64. The normalized spacial score (nSPS) is 13.2. The first-order valence-electron chi connectivity index (χ1n) is 21.8. The van der Waals surface area contributed by atoms with Crippen molar-refractivity contribution in [2.75, 3.05) is 9.80 Å². The monoisotopic (exact) mass is 800 g/mol. The van der Waals surface area contributed by atoms with Crippen molar-refractivity contribution in [3.05, 3.63) is 265 Å². The van der Waals surface area contributed by atoms with Gasteiger partial charge in [0.15, 0.2) is 0 Å². The van der Waals surface area contributed by atoms with Gasteiger partial charge in [-0.25, -0.2) is 0 Å². The molecule has 13 rings (SSSR count). The topological polar surface area (TPSA) is 6.48 Å². The maximum atomic E-state index is 2.45. The Labute approximate surface area is 367 Å². The SMILES string of the molecule is c1ccc(-c2ccc(N(c3ccc4c(c3)-c3ccccc3C43c4ccccc4N(c4ccccc4)c4ccccc43)c3ccc4c5ccccc5c5ccccc5c4c3)cc2)cc1. The molecule has 0 saturated carbocycles. The van der Waals surface area contributed by atoms with Gasteiger partial charge < -0.3 is 9.80 Å². The van der Waals surface area contributed by atoms with E-state index in [1.807, 2.05) is 0 Å². The maximum Gasteiger partial charge on any atom is 0.0754 e. The average Bonchev–Trinajstić information content (AvgIpc) is 3.65. The van der Waals surface area contributed by atoms with Crippen LogP contribution in [0.15, 0.2) is 243 Å². The summed E-state index contributed by atoms with van der Waals surface area (Å²) in [6.45, 7) is 0. The summed E-state index contributed by atoms with van der Waals surface area (Å²) in [7, 11) is 0. The molecule has 1 heterocycles. The van der Waals surface area contributed by atoms with Crippen molar-refractivity contribution in [1.82, 2.24) is 0 Å². The minimum atomic E-state index is -0.520. The highest BCUT2D eigenvalue weighted by Gasteiger charge is 2.51. The van der Waals surface area contributed by atoms with E-state index in [0.29, 0.717) is 0 Å². The molecule has 63 heavy (non-hydrogen) atoms. The van der Waals surface area contributed by atoms with E-state index in [2.05, 4.69) is 252 Å². The number of anilines is 6. The van der Waals surface area contributed by atoms with E-state index < -0.39 is 5.41 Å². The summed E-state index contributed by atoms with van der Waals surface area (Å²) in [5, 5.41) is 7.60. The van der Waals surface area contributed by atoms with Crippen LogP contribution in [-0.2, 0) is 5.41 Å². The van der Waals surface area contributed by atoms with Crippen molar-refractivity contribution in [2.24, 2.45) is 0 Å². The zero-order valence-electron chi connectivity index (χ0n) is 34.5. The van der Waals surface area contributed by atoms with Gasteiger partial charge in [0.05, 0.1) is 16.8 Å². The molecule has 11 aromatic rings. The van der Waals surface area contributed by atoms with Crippen LogP contribution in [-0.4, -0.2) is 0 Å². The number of hydrogen-bond donors (Lipinski definition) is 0. The lowest BCUT2D eigenvalue weighted by Crippen LogP contribution is -2.36. The second-order valence-corrected chi connectivity index (χ2v) is 16.8. The Morgan fingerprint density at radius 2 is 0.730 bits per heavy atom. The number of para-hydroxylation sites is 3. The fourth-order valence-electron chi connectivity index (χ4n) is 11.0. The van der Waals surface area contributed by atoms with Gasteiger partial charge in [0.2, 0.25) is 0 Å². The van der Waals surface area contributed by atoms with Crippen LogP contribution in [0.5, 0.6) is 0 Å². The van der Waals surface area contributed by atoms with Gasteiger partial charge in [-0.15, -0.1) is 0 Å². The third kappa shape index (κ3) is 5.19. The third-order valence-electron chi connectivity index (χ3n) is 13.6. The van der Waals surface area contributed by atoms with Gasteiger partial charge in [-0.1, -0.05) is 182 Å². The summed E-state index contributed by atoms with van der Waals surface area (Å²) in [6, 6.07) is 89.6. The van der Waals surface area contributed by atoms with E-state index in [4.69, 9.17) is 0 Å². The summed E-state index contributed by atoms with van der Waals surface area (Å²) in [4.78, 5) is 4.89. The first kappa shape index (κ1) is 35.5. The van der Waals surface area contributed by atoms with E-state index in [9.17, 15) is 0 Å². The number of nitrogens with zero attached hydrogens (tertiary/aromatic N) is 2. The minimum Gasteiger partial charge on any atom is -0.310 e. The molecular weight excluding hydrogens is 761 g/mol. The summed E-state index contributed by atoms with van der Waals surface area (Å²) in [6.07, 6.45) is 0. The summed E-state index contributed by atoms with van der Waals surface area (Å²) < 4.78 is 0. The highest BCUT2D eigenvalue weighted by atomic mass is 15.2. The quantitative estimate of drug-likeness (QED) is 0.160. The number of hydrogen-bond acceptors (Lipinski definition) is 2. The molecule has 0 radical (unpaired) electrons. The second kappa shape index (κ2) is 13.9. The molecule has 294 valence electrons. The van der Waals surface area contributed by atoms with Crippen LogP contribution in [0.2, 0.25) is 0 Å². The molecule has 1 aliphatic carbocycles. The zero-order chi connectivity index (χ0) is 41.5. The predicted molar refractivity (Wildman–Crippen MR) is 265 cm³/mol. The lowest BCUT2D eigenvalue weighted by atomic mass is 9.64. The predicted octanol–water partition coefficient (Wildman–Crippen LogP) is 16.4. The molecule has 0 aromatic heterocycles. The van der Waals surface area contributed by atoms with Crippen LogP contribution >= 0.6 is 0 Å². The average molecular weight is 801 g/mol. The maximum absolute atomic E-state index is 2.45. The first-order chi connectivity index (χ1) is 31.3. The van der Waals surface area contributed by atoms with Crippen molar-refractivity contribution in [3.8, 4) is 22.3 Å². The summed E-state index contributed by atoms with van der Waals surface area (Å²) in [5.74, 6) is 0. The lowest BCUT2D eigenvalue weighted by molar-refractivity contribution is 0.752. The zero-order valence-corrected chi connectivity index (χ0v) is 34.5. The molecule has 2 nitrogen and oxygen atoms in total. The van der Waals surface area contributed by atoms with Gasteiger partial charge in [0.1, 0.15) is 0 Å². The van der Waals surface area contributed by atoms with Crippen LogP contribution in [0.4, 0.5) is 34.1 Å². The Morgan fingerprint density at radius 3 is 1.38 bits per heavy atom. The number of benzene rings is 11. The molecular formula is C61H40N2. The van der Waals surface area contributed by atoms with Crippen molar-refractivity contribution < 1.29 is 0 Å². The largest absolute Gasteiger partial charge is 0.310 e. The molecule has 0 atom stereocenters. The van der Waals surface area contributed by atoms with Crippen LogP contribution in [0.3, 0.4) is 0 Å². The van der Waals surface area contributed by atoms with Gasteiger partial charge in [-0.2, -0.15) is 0 Å². The van der Waals surface area contributed by atoms with E-state index in [0.717, 1.165) is 22.7 Å². The van der Waals surface area contributed by atoms with Crippen LogP contribution in [0.1, 0.15) is 22.3 Å².